The summed E-state index contributed by atoms with van der Waals surface area (Å²) < 4.78 is 0. The van der Waals surface area contributed by atoms with Crippen LogP contribution in [0, 0.1) is 5.41 Å². The van der Waals surface area contributed by atoms with Gasteiger partial charge in [0.25, 0.3) is 5.91 Å². The lowest BCUT2D eigenvalue weighted by Gasteiger charge is -2.21. The molecule has 0 fully saturated rings. The maximum absolute atomic E-state index is 12.5. The molecule has 0 unspecified atom stereocenters. The van der Waals surface area contributed by atoms with Gasteiger partial charge in [0.15, 0.2) is 0 Å². The molecule has 0 saturated carbocycles. The molecule has 0 spiro atoms. The molecule has 2 aromatic rings. The number of nitrogens with one attached hydrogen (secondary N) is 3. The first-order valence-corrected chi connectivity index (χ1v) is 9.14. The van der Waals surface area contributed by atoms with Crippen molar-refractivity contribution in [2.24, 2.45) is 10.4 Å². The Morgan fingerprint density at radius 3 is 2.21 bits per heavy atom. The summed E-state index contributed by atoms with van der Waals surface area (Å²) in [4.78, 5) is 32.2. The largest absolute Gasteiger partial charge is 0.355 e. The summed E-state index contributed by atoms with van der Waals surface area (Å²) in [5, 5.41) is 9.31. The van der Waals surface area contributed by atoms with E-state index < -0.39 is 5.91 Å². The summed E-state index contributed by atoms with van der Waals surface area (Å²) in [5.74, 6) is 0.468. The smallest absolute Gasteiger partial charge is 0.280 e. The predicted octanol–water partition coefficient (Wildman–Crippen LogP) is 3.94. The molecule has 0 bridgehead atoms. The number of pyridine rings is 1. The SMILES string of the molecule is CC(=O)Nc1cccc(N/C(=N\C(=O)c2ccc(Cl)cc2)NCC(C)(C)C)n1. The number of aliphatic imine (C=N–C) groups is 1. The molecular formula is C20H24ClN5O2. The Morgan fingerprint density at radius 1 is 1.04 bits per heavy atom. The molecule has 0 aliphatic carbocycles. The fourth-order valence-corrected chi connectivity index (χ4v) is 2.22. The summed E-state index contributed by atoms with van der Waals surface area (Å²) >= 11 is 5.87. The van der Waals surface area contributed by atoms with E-state index in [1.165, 1.54) is 6.92 Å². The lowest BCUT2D eigenvalue weighted by atomic mass is 9.97. The first-order chi connectivity index (χ1) is 13.1. The third-order valence-corrected chi connectivity index (χ3v) is 3.64. The number of guanidine groups is 1. The van der Waals surface area contributed by atoms with Gasteiger partial charge >= 0.3 is 0 Å². The van der Waals surface area contributed by atoms with E-state index in [1.807, 2.05) is 0 Å². The van der Waals surface area contributed by atoms with E-state index in [2.05, 4.69) is 46.7 Å². The summed E-state index contributed by atoms with van der Waals surface area (Å²) in [7, 11) is 0. The fourth-order valence-electron chi connectivity index (χ4n) is 2.09. The van der Waals surface area contributed by atoms with Crippen LogP contribution in [0.15, 0.2) is 47.5 Å². The van der Waals surface area contributed by atoms with Gasteiger partial charge < -0.3 is 16.0 Å². The second kappa shape index (κ2) is 9.32. The minimum absolute atomic E-state index is 0.0305. The minimum atomic E-state index is -0.418. The van der Waals surface area contributed by atoms with Crippen molar-refractivity contribution in [1.82, 2.24) is 10.3 Å². The number of amides is 2. The highest BCUT2D eigenvalue weighted by atomic mass is 35.5. The molecular weight excluding hydrogens is 378 g/mol. The van der Waals surface area contributed by atoms with Crippen molar-refractivity contribution in [1.29, 1.82) is 0 Å². The maximum Gasteiger partial charge on any atom is 0.280 e. The van der Waals surface area contributed by atoms with Gasteiger partial charge in [0, 0.05) is 24.1 Å². The Hall–Kier alpha value is -2.93. The number of halogens is 1. The van der Waals surface area contributed by atoms with Crippen LogP contribution in [0.1, 0.15) is 38.1 Å². The lowest BCUT2D eigenvalue weighted by molar-refractivity contribution is -0.114. The van der Waals surface area contributed by atoms with E-state index >= 15 is 0 Å². The molecule has 7 nitrogen and oxygen atoms in total. The van der Waals surface area contributed by atoms with Crippen LogP contribution in [-0.2, 0) is 4.79 Å². The maximum atomic E-state index is 12.5. The van der Waals surface area contributed by atoms with Gasteiger partial charge in [-0.1, -0.05) is 38.4 Å². The Bertz CT molecular complexity index is 873. The molecule has 0 atom stereocenters. The first kappa shape index (κ1) is 21.4. The van der Waals surface area contributed by atoms with Gasteiger partial charge in [-0.15, -0.1) is 0 Å². The molecule has 8 heteroatoms. The zero-order chi connectivity index (χ0) is 20.7. The Kier molecular flexibility index (Phi) is 7.12. The number of hydrogen-bond donors (Lipinski definition) is 3. The highest BCUT2D eigenvalue weighted by Gasteiger charge is 2.14. The molecule has 2 rings (SSSR count). The van der Waals surface area contributed by atoms with Gasteiger partial charge in [0.05, 0.1) is 0 Å². The second-order valence-corrected chi connectivity index (χ2v) is 7.84. The first-order valence-electron chi connectivity index (χ1n) is 8.76. The molecule has 28 heavy (non-hydrogen) atoms. The van der Waals surface area contributed by atoms with E-state index in [4.69, 9.17) is 11.6 Å². The average molecular weight is 402 g/mol. The molecule has 148 valence electrons. The van der Waals surface area contributed by atoms with Crippen molar-refractivity contribution in [2.75, 3.05) is 17.2 Å². The van der Waals surface area contributed by atoms with Crippen LogP contribution in [0.5, 0.6) is 0 Å². The summed E-state index contributed by atoms with van der Waals surface area (Å²) in [6.07, 6.45) is 0. The topological polar surface area (TPSA) is 95.5 Å². The van der Waals surface area contributed by atoms with Gasteiger partial charge in [0.1, 0.15) is 11.6 Å². The molecule has 1 heterocycles. The number of hydrogen-bond acceptors (Lipinski definition) is 3. The summed E-state index contributed by atoms with van der Waals surface area (Å²) in [6.45, 7) is 8.18. The highest BCUT2D eigenvalue weighted by molar-refractivity contribution is 6.30. The minimum Gasteiger partial charge on any atom is -0.355 e. The molecule has 1 aromatic carbocycles. The van der Waals surface area contributed by atoms with Crippen molar-refractivity contribution in [3.8, 4) is 0 Å². The molecule has 0 radical (unpaired) electrons. The quantitative estimate of drug-likeness (QED) is 0.532. The van der Waals surface area contributed by atoms with E-state index in [-0.39, 0.29) is 17.3 Å². The zero-order valence-corrected chi connectivity index (χ0v) is 17.1. The van der Waals surface area contributed by atoms with Crippen LogP contribution in [0.25, 0.3) is 0 Å². The standard InChI is InChI=1S/C20H24ClN5O2/c1-13(27)23-16-6-5-7-17(24-16)25-19(22-12-20(2,3)4)26-18(28)14-8-10-15(21)11-9-14/h5-11H,12H2,1-4H3,(H3,22,23,24,25,26,27,28). The third kappa shape index (κ3) is 7.36. The van der Waals surface area contributed by atoms with E-state index in [0.717, 1.165) is 0 Å². The van der Waals surface area contributed by atoms with E-state index in [9.17, 15) is 9.59 Å². The van der Waals surface area contributed by atoms with Crippen LogP contribution in [-0.4, -0.2) is 29.3 Å². The Balaban J connectivity index is 2.24. The molecule has 1 aromatic heterocycles. The summed E-state index contributed by atoms with van der Waals surface area (Å²) in [5.41, 5.74) is 0.387. The number of carbonyl (C=O) groups is 2. The number of nitrogens with zero attached hydrogens (tertiary/aromatic N) is 2. The monoisotopic (exact) mass is 401 g/mol. The Labute approximate surface area is 169 Å². The number of anilines is 2. The predicted molar refractivity (Wildman–Crippen MR) is 113 cm³/mol. The van der Waals surface area contributed by atoms with Crippen LogP contribution < -0.4 is 16.0 Å². The van der Waals surface area contributed by atoms with Crippen LogP contribution in [0.3, 0.4) is 0 Å². The second-order valence-electron chi connectivity index (χ2n) is 7.40. The van der Waals surface area contributed by atoms with Crippen LogP contribution in [0.2, 0.25) is 5.02 Å². The lowest BCUT2D eigenvalue weighted by Crippen LogP contribution is -2.37. The van der Waals surface area contributed by atoms with E-state index in [0.29, 0.717) is 28.8 Å². The highest BCUT2D eigenvalue weighted by Crippen LogP contribution is 2.13. The van der Waals surface area contributed by atoms with Crippen molar-refractivity contribution in [3.05, 3.63) is 53.1 Å². The summed E-state index contributed by atoms with van der Waals surface area (Å²) in [6, 6.07) is 11.6. The third-order valence-electron chi connectivity index (χ3n) is 3.39. The zero-order valence-electron chi connectivity index (χ0n) is 16.3. The number of carbonyl (C=O) groups excluding carboxylic acids is 2. The van der Waals surface area contributed by atoms with Gasteiger partial charge in [-0.2, -0.15) is 4.99 Å². The van der Waals surface area contributed by atoms with Crippen LogP contribution >= 0.6 is 11.6 Å². The molecule has 0 aliphatic heterocycles. The molecule has 0 saturated heterocycles. The van der Waals surface area contributed by atoms with Crippen molar-refractivity contribution in [3.63, 3.8) is 0 Å². The van der Waals surface area contributed by atoms with Crippen LogP contribution in [0.4, 0.5) is 11.6 Å². The number of rotatable bonds is 4. The van der Waals surface area contributed by atoms with Crippen molar-refractivity contribution >= 4 is 41.0 Å². The van der Waals surface area contributed by atoms with Gasteiger partial charge in [-0.25, -0.2) is 4.98 Å². The Morgan fingerprint density at radius 2 is 1.64 bits per heavy atom. The van der Waals surface area contributed by atoms with Gasteiger partial charge in [0.2, 0.25) is 11.9 Å². The molecule has 0 aliphatic rings. The fraction of sp³-hybridized carbons (Fsp3) is 0.300. The van der Waals surface area contributed by atoms with Gasteiger partial charge in [-0.05, 0) is 41.8 Å². The van der Waals surface area contributed by atoms with E-state index in [1.54, 1.807) is 42.5 Å². The average Bonchev–Trinajstić information content (AvgIpc) is 2.59. The molecule has 2 amide bonds. The number of benzene rings is 1. The molecule has 3 N–H and O–H groups in total. The number of aromatic nitrogens is 1. The van der Waals surface area contributed by atoms with Crippen molar-refractivity contribution in [2.45, 2.75) is 27.7 Å². The normalized spacial score (nSPS) is 11.7. The van der Waals surface area contributed by atoms with Gasteiger partial charge in [-0.3, -0.25) is 9.59 Å². The van der Waals surface area contributed by atoms with Crippen molar-refractivity contribution < 1.29 is 9.59 Å².